The van der Waals surface area contributed by atoms with Crippen molar-refractivity contribution < 1.29 is 27.0 Å². The van der Waals surface area contributed by atoms with E-state index in [9.17, 15) is 8.42 Å². The van der Waals surface area contributed by atoms with Crippen molar-refractivity contribution >= 4 is 10.4 Å². The topological polar surface area (TPSA) is 93.1 Å². The summed E-state index contributed by atoms with van der Waals surface area (Å²) in [6.45, 7) is 1.37. The van der Waals surface area contributed by atoms with E-state index in [1.54, 1.807) is 0 Å². The molecule has 1 aliphatic heterocycles. The minimum Gasteiger partial charge on any atom is -0.393 e. The molecule has 1 saturated heterocycles. The minimum absolute atomic E-state index is 0.299. The molecule has 6 nitrogen and oxygen atoms in total. The van der Waals surface area contributed by atoms with Gasteiger partial charge >= 0.3 is 16.4 Å². The van der Waals surface area contributed by atoms with Crippen molar-refractivity contribution in [1.82, 2.24) is 0 Å². The molecule has 1 rings (SSSR count). The molecule has 1 fully saturated rings. The molecular weight excluding hydrogens is 176 g/mol. The zero-order chi connectivity index (χ0) is 8.70. The van der Waals surface area contributed by atoms with E-state index in [2.05, 4.69) is 8.37 Å². The molecule has 0 aromatic carbocycles. The van der Waals surface area contributed by atoms with Crippen LogP contribution in [0.15, 0.2) is 0 Å². The summed E-state index contributed by atoms with van der Waals surface area (Å²) < 4.78 is 28.3. The second-order valence-corrected chi connectivity index (χ2v) is 3.49. The van der Waals surface area contributed by atoms with E-state index >= 15 is 0 Å². The third kappa shape index (κ3) is 2.11. The minimum atomic E-state index is -4.00. The summed E-state index contributed by atoms with van der Waals surface area (Å²) in [7, 11) is -4.00. The Balaban J connectivity index is 2.50. The molecule has 2 N–H and O–H groups in total. The highest BCUT2D eigenvalue weighted by molar-refractivity contribution is 7.82. The van der Waals surface area contributed by atoms with Crippen molar-refractivity contribution in [2.24, 2.45) is 0 Å². The van der Waals surface area contributed by atoms with Crippen LogP contribution in [-0.4, -0.2) is 30.7 Å². The van der Waals surface area contributed by atoms with Gasteiger partial charge in [-0.05, 0) is 6.92 Å². The molecule has 0 aliphatic carbocycles. The van der Waals surface area contributed by atoms with Crippen LogP contribution < -0.4 is 0 Å². The smallest absolute Gasteiger partial charge is 0.393 e. The molecule has 1 aliphatic rings. The van der Waals surface area contributed by atoms with Gasteiger partial charge in [-0.15, -0.1) is 0 Å². The monoisotopic (exact) mass is 184 g/mol. The molecule has 0 amide bonds. The Morgan fingerprint density at radius 2 is 2.00 bits per heavy atom. The molecule has 66 valence electrons. The molecule has 0 spiro atoms. The van der Waals surface area contributed by atoms with Gasteiger partial charge in [0.05, 0.1) is 12.5 Å². The Morgan fingerprint density at radius 3 is 2.27 bits per heavy atom. The molecule has 0 bridgehead atoms. The number of rotatable bonds is 2. The zero-order valence-electron chi connectivity index (χ0n) is 5.72. The van der Waals surface area contributed by atoms with Gasteiger partial charge in [0.25, 0.3) is 0 Å². The van der Waals surface area contributed by atoms with E-state index in [-0.39, 0.29) is 6.42 Å². The molecule has 0 radical (unpaired) electrons. The second-order valence-electron chi connectivity index (χ2n) is 2.34. The molecule has 1 heterocycles. The van der Waals surface area contributed by atoms with Crippen LogP contribution in [0, 0.1) is 0 Å². The first kappa shape index (κ1) is 8.88. The lowest BCUT2D eigenvalue weighted by atomic mass is 10.2. The normalized spacial score (nSPS) is 29.0. The van der Waals surface area contributed by atoms with Gasteiger partial charge in [0.2, 0.25) is 0 Å². The van der Waals surface area contributed by atoms with Crippen LogP contribution in [0.5, 0.6) is 0 Å². The van der Waals surface area contributed by atoms with Crippen molar-refractivity contribution in [3.8, 4) is 0 Å². The fourth-order valence-corrected chi connectivity index (χ4v) is 1.55. The van der Waals surface area contributed by atoms with E-state index in [1.165, 1.54) is 6.92 Å². The first-order valence-corrected chi connectivity index (χ1v) is 4.23. The van der Waals surface area contributed by atoms with Gasteiger partial charge in [-0.25, -0.2) is 0 Å². The predicted octanol–water partition coefficient (Wildman–Crippen LogP) is -1.31. The van der Waals surface area contributed by atoms with Crippen LogP contribution in [0.2, 0.25) is 0 Å². The lowest BCUT2D eigenvalue weighted by Gasteiger charge is -2.34. The number of hydrogen-bond donors (Lipinski definition) is 2. The van der Waals surface area contributed by atoms with Crippen molar-refractivity contribution in [2.45, 2.75) is 25.4 Å². The highest BCUT2D eigenvalue weighted by atomic mass is 32.3. The average molecular weight is 184 g/mol. The van der Waals surface area contributed by atoms with Crippen molar-refractivity contribution in [2.75, 3.05) is 0 Å². The van der Waals surface area contributed by atoms with Gasteiger partial charge < -0.3 is 10.2 Å². The van der Waals surface area contributed by atoms with Gasteiger partial charge in [-0.1, -0.05) is 0 Å². The Labute approximate surface area is 63.7 Å². The van der Waals surface area contributed by atoms with Gasteiger partial charge in [-0.3, -0.25) is 0 Å². The van der Waals surface area contributed by atoms with Crippen LogP contribution in [0.25, 0.3) is 0 Å². The summed E-state index contributed by atoms with van der Waals surface area (Å²) >= 11 is 0. The number of aliphatic hydroxyl groups is 2. The maximum Gasteiger partial charge on any atom is 0.409 e. The average Bonchev–Trinajstić information content (AvgIpc) is 1.52. The maximum absolute atomic E-state index is 10.2. The van der Waals surface area contributed by atoms with E-state index < -0.39 is 22.5 Å². The molecule has 0 saturated carbocycles. The molecule has 7 heteroatoms. The highest BCUT2D eigenvalue weighted by Gasteiger charge is 2.51. The zero-order valence-corrected chi connectivity index (χ0v) is 6.54. The van der Waals surface area contributed by atoms with Gasteiger partial charge in [0, 0.05) is 0 Å². The molecule has 0 aromatic rings. The summed E-state index contributed by atoms with van der Waals surface area (Å²) in [6, 6.07) is 0. The van der Waals surface area contributed by atoms with Crippen molar-refractivity contribution in [1.29, 1.82) is 0 Å². The SMILES string of the molecule is CC(O)CC1(O)OS(=O)(=O)O1. The lowest BCUT2D eigenvalue weighted by Crippen LogP contribution is -2.51. The van der Waals surface area contributed by atoms with Gasteiger partial charge in [0.1, 0.15) is 0 Å². The standard InChI is InChI=1S/C4H8O6S/c1-3(5)2-4(6)9-11(7,8)10-4/h3,5-6H,2H2,1H3. The van der Waals surface area contributed by atoms with E-state index in [0.717, 1.165) is 0 Å². The Hall–Kier alpha value is -0.210. The summed E-state index contributed by atoms with van der Waals surface area (Å²) in [5.74, 6) is -2.16. The Bertz CT molecular complexity index is 229. The largest absolute Gasteiger partial charge is 0.409 e. The van der Waals surface area contributed by atoms with Crippen molar-refractivity contribution in [3.05, 3.63) is 0 Å². The molecule has 0 aromatic heterocycles. The fraction of sp³-hybridized carbons (Fsp3) is 1.00. The molecular formula is C4H8O6S. The first-order chi connectivity index (χ1) is 4.83. The van der Waals surface area contributed by atoms with Crippen LogP contribution in [0.3, 0.4) is 0 Å². The molecule has 1 unspecified atom stereocenters. The van der Waals surface area contributed by atoms with E-state index in [0.29, 0.717) is 0 Å². The van der Waals surface area contributed by atoms with Crippen LogP contribution in [-0.2, 0) is 18.8 Å². The number of aliphatic hydroxyl groups excluding tert-OH is 1. The lowest BCUT2D eigenvalue weighted by molar-refractivity contribution is -0.335. The Morgan fingerprint density at radius 1 is 1.55 bits per heavy atom. The van der Waals surface area contributed by atoms with Crippen LogP contribution in [0.1, 0.15) is 13.3 Å². The maximum atomic E-state index is 10.2. The van der Waals surface area contributed by atoms with Gasteiger partial charge in [0.15, 0.2) is 0 Å². The first-order valence-electron chi connectivity index (χ1n) is 2.90. The third-order valence-electron chi connectivity index (χ3n) is 1.02. The van der Waals surface area contributed by atoms with E-state index in [1.807, 2.05) is 0 Å². The highest BCUT2D eigenvalue weighted by Crippen LogP contribution is 2.31. The van der Waals surface area contributed by atoms with Crippen LogP contribution in [0.4, 0.5) is 0 Å². The fourth-order valence-electron chi connectivity index (χ4n) is 0.767. The Kier molecular flexibility index (Phi) is 1.93. The molecule has 1 atom stereocenters. The summed E-state index contributed by atoms with van der Waals surface area (Å²) in [5.41, 5.74) is 0. The van der Waals surface area contributed by atoms with E-state index in [4.69, 9.17) is 10.2 Å². The van der Waals surface area contributed by atoms with Crippen molar-refractivity contribution in [3.63, 3.8) is 0 Å². The number of hydrogen-bond acceptors (Lipinski definition) is 6. The second kappa shape index (κ2) is 2.39. The van der Waals surface area contributed by atoms with Gasteiger partial charge in [-0.2, -0.15) is 16.8 Å². The summed E-state index contributed by atoms with van der Waals surface area (Å²) in [5, 5.41) is 17.6. The quantitative estimate of drug-likeness (QED) is 0.553. The summed E-state index contributed by atoms with van der Waals surface area (Å²) in [6.07, 6.45) is -1.19. The summed E-state index contributed by atoms with van der Waals surface area (Å²) in [4.78, 5) is 0. The molecule has 11 heavy (non-hydrogen) atoms. The predicted molar refractivity (Wildman–Crippen MR) is 32.3 cm³/mol. The van der Waals surface area contributed by atoms with Crippen LogP contribution >= 0.6 is 0 Å². The third-order valence-corrected chi connectivity index (χ3v) is 1.95.